The Kier molecular flexibility index (Phi) is 3.57. The molecule has 0 aliphatic rings. The highest BCUT2D eigenvalue weighted by Gasteiger charge is 2.13. The smallest absolute Gasteiger partial charge is 0.248 e. The van der Waals surface area contributed by atoms with E-state index in [1.54, 1.807) is 12.4 Å². The van der Waals surface area contributed by atoms with Crippen molar-refractivity contribution in [3.63, 3.8) is 0 Å². The second-order valence-corrected chi connectivity index (χ2v) is 5.92. The zero-order chi connectivity index (χ0) is 17.4. The van der Waals surface area contributed by atoms with E-state index in [-0.39, 0.29) is 0 Å². The van der Waals surface area contributed by atoms with Crippen molar-refractivity contribution in [1.82, 2.24) is 14.5 Å². The Morgan fingerprint density at radius 3 is 2.68 bits per heavy atom. The van der Waals surface area contributed by atoms with Crippen LogP contribution in [0.5, 0.6) is 0 Å². The standard InChI is InChI=1S/C19H17N5O/c20-18-16-17(14-7-3-4-8-15(14)23-18)24(11-22-16)10-9-12-5-1-2-6-13(12)19(21)25/h1-8,11H,9-10H2,(H2,20,23)(H2,21,25). The molecule has 25 heavy (non-hydrogen) atoms. The molecule has 0 atom stereocenters. The van der Waals surface area contributed by atoms with E-state index in [9.17, 15) is 4.79 Å². The van der Waals surface area contributed by atoms with Gasteiger partial charge in [-0.05, 0) is 24.1 Å². The zero-order valence-corrected chi connectivity index (χ0v) is 13.5. The Morgan fingerprint density at radius 2 is 1.84 bits per heavy atom. The van der Waals surface area contributed by atoms with Crippen molar-refractivity contribution in [2.24, 2.45) is 5.73 Å². The lowest BCUT2D eigenvalue weighted by molar-refractivity contribution is 0.0999. The molecule has 6 nitrogen and oxygen atoms in total. The lowest BCUT2D eigenvalue weighted by Gasteiger charge is -2.09. The number of imidazole rings is 1. The Morgan fingerprint density at radius 1 is 1.08 bits per heavy atom. The summed E-state index contributed by atoms with van der Waals surface area (Å²) in [5.41, 5.74) is 15.5. The molecule has 4 aromatic rings. The highest BCUT2D eigenvalue weighted by atomic mass is 16.1. The number of nitrogen functional groups attached to an aromatic ring is 1. The number of primary amides is 1. The summed E-state index contributed by atoms with van der Waals surface area (Å²) in [5, 5.41) is 1.01. The number of pyridine rings is 1. The van der Waals surface area contributed by atoms with E-state index in [0.29, 0.717) is 29.9 Å². The van der Waals surface area contributed by atoms with Crippen molar-refractivity contribution in [3.05, 3.63) is 66.0 Å². The van der Waals surface area contributed by atoms with E-state index in [0.717, 1.165) is 22.0 Å². The van der Waals surface area contributed by atoms with E-state index in [1.807, 2.05) is 47.0 Å². The summed E-state index contributed by atoms with van der Waals surface area (Å²) in [5.74, 6) is 0.00923. The fraction of sp³-hybridized carbons (Fsp3) is 0.105. The van der Waals surface area contributed by atoms with Crippen molar-refractivity contribution < 1.29 is 4.79 Å². The fourth-order valence-electron chi connectivity index (χ4n) is 3.20. The number of nitrogens with two attached hydrogens (primary N) is 2. The quantitative estimate of drug-likeness (QED) is 0.600. The van der Waals surface area contributed by atoms with Crippen molar-refractivity contribution in [2.75, 3.05) is 5.73 Å². The SMILES string of the molecule is NC(=O)c1ccccc1CCn1cnc2c(N)nc3ccccc3c21. The van der Waals surface area contributed by atoms with Gasteiger partial charge in [-0.2, -0.15) is 0 Å². The molecule has 124 valence electrons. The molecule has 0 aliphatic heterocycles. The number of hydrogen-bond acceptors (Lipinski definition) is 4. The van der Waals surface area contributed by atoms with Crippen LogP contribution in [0.4, 0.5) is 5.82 Å². The van der Waals surface area contributed by atoms with Crippen LogP contribution in [-0.4, -0.2) is 20.4 Å². The summed E-state index contributed by atoms with van der Waals surface area (Å²) in [6.45, 7) is 0.661. The van der Waals surface area contributed by atoms with Gasteiger partial charge < -0.3 is 16.0 Å². The number of fused-ring (bicyclic) bond motifs is 3. The number of amides is 1. The van der Waals surface area contributed by atoms with E-state index < -0.39 is 5.91 Å². The zero-order valence-electron chi connectivity index (χ0n) is 13.5. The van der Waals surface area contributed by atoms with Gasteiger partial charge in [0.2, 0.25) is 5.91 Å². The molecule has 0 saturated carbocycles. The number of aryl methyl sites for hydroxylation is 2. The topological polar surface area (TPSA) is 99.8 Å². The van der Waals surface area contributed by atoms with Crippen molar-refractivity contribution in [3.8, 4) is 0 Å². The van der Waals surface area contributed by atoms with Crippen LogP contribution in [0, 0.1) is 0 Å². The predicted molar refractivity (Wildman–Crippen MR) is 98.1 cm³/mol. The number of benzene rings is 2. The maximum Gasteiger partial charge on any atom is 0.248 e. The summed E-state index contributed by atoms with van der Waals surface area (Å²) in [4.78, 5) is 20.4. The number of aromatic nitrogens is 3. The minimum atomic E-state index is -0.412. The van der Waals surface area contributed by atoms with Gasteiger partial charge in [-0.15, -0.1) is 0 Å². The van der Waals surface area contributed by atoms with Crippen LogP contribution in [0.15, 0.2) is 54.9 Å². The van der Waals surface area contributed by atoms with Crippen molar-refractivity contribution in [1.29, 1.82) is 0 Å². The monoisotopic (exact) mass is 331 g/mol. The van der Waals surface area contributed by atoms with Gasteiger partial charge in [-0.1, -0.05) is 36.4 Å². The number of para-hydroxylation sites is 1. The van der Waals surface area contributed by atoms with Crippen molar-refractivity contribution >= 4 is 33.7 Å². The summed E-state index contributed by atoms with van der Waals surface area (Å²) < 4.78 is 2.05. The van der Waals surface area contributed by atoms with Gasteiger partial charge in [0.1, 0.15) is 5.52 Å². The van der Waals surface area contributed by atoms with Gasteiger partial charge in [-0.25, -0.2) is 9.97 Å². The first kappa shape index (κ1) is 15.1. The molecule has 0 spiro atoms. The maximum absolute atomic E-state index is 11.6. The molecule has 4 rings (SSSR count). The first-order chi connectivity index (χ1) is 12.1. The Hall–Kier alpha value is -3.41. The molecule has 2 aromatic heterocycles. The first-order valence-electron chi connectivity index (χ1n) is 8.02. The Bertz CT molecular complexity index is 1100. The molecule has 0 bridgehead atoms. The molecule has 6 heteroatoms. The summed E-state index contributed by atoms with van der Waals surface area (Å²) >= 11 is 0. The van der Waals surface area contributed by atoms with Crippen LogP contribution in [0.25, 0.3) is 21.9 Å². The Balaban J connectivity index is 1.77. The van der Waals surface area contributed by atoms with Gasteiger partial charge >= 0.3 is 0 Å². The first-order valence-corrected chi connectivity index (χ1v) is 8.02. The maximum atomic E-state index is 11.6. The number of carbonyl (C=O) groups excluding carboxylic acids is 1. The number of hydrogen-bond donors (Lipinski definition) is 2. The van der Waals surface area contributed by atoms with E-state index in [2.05, 4.69) is 9.97 Å². The summed E-state index contributed by atoms with van der Waals surface area (Å²) in [6.07, 6.45) is 2.43. The van der Waals surface area contributed by atoms with E-state index >= 15 is 0 Å². The highest BCUT2D eigenvalue weighted by Crippen LogP contribution is 2.27. The summed E-state index contributed by atoms with van der Waals surface area (Å²) in [7, 11) is 0. The predicted octanol–water partition coefficient (Wildman–Crippen LogP) is 2.51. The largest absolute Gasteiger partial charge is 0.382 e. The molecule has 4 N–H and O–H groups in total. The minimum Gasteiger partial charge on any atom is -0.382 e. The number of anilines is 1. The van der Waals surface area contributed by atoms with Gasteiger partial charge in [0.25, 0.3) is 0 Å². The summed E-state index contributed by atoms with van der Waals surface area (Å²) in [6, 6.07) is 15.3. The number of carbonyl (C=O) groups is 1. The van der Waals surface area contributed by atoms with E-state index in [1.165, 1.54) is 0 Å². The third-order valence-electron chi connectivity index (χ3n) is 4.39. The molecule has 0 unspecified atom stereocenters. The highest BCUT2D eigenvalue weighted by molar-refractivity contribution is 6.06. The second-order valence-electron chi connectivity index (χ2n) is 5.92. The second kappa shape index (κ2) is 5.90. The van der Waals surface area contributed by atoms with Crippen LogP contribution in [0.2, 0.25) is 0 Å². The molecule has 2 aromatic carbocycles. The van der Waals surface area contributed by atoms with Crippen LogP contribution in [0.3, 0.4) is 0 Å². The lowest BCUT2D eigenvalue weighted by Crippen LogP contribution is -2.14. The van der Waals surface area contributed by atoms with Crippen molar-refractivity contribution in [2.45, 2.75) is 13.0 Å². The molecular formula is C19H17N5O. The minimum absolute atomic E-state index is 0.412. The van der Waals surface area contributed by atoms with Gasteiger partial charge in [0.05, 0.1) is 17.4 Å². The van der Waals surface area contributed by atoms with Crippen LogP contribution >= 0.6 is 0 Å². The third kappa shape index (κ3) is 2.57. The normalized spacial score (nSPS) is 11.2. The van der Waals surface area contributed by atoms with E-state index in [4.69, 9.17) is 11.5 Å². The van der Waals surface area contributed by atoms with Crippen LogP contribution < -0.4 is 11.5 Å². The van der Waals surface area contributed by atoms with Gasteiger partial charge in [-0.3, -0.25) is 4.79 Å². The average molecular weight is 331 g/mol. The molecule has 0 fully saturated rings. The molecular weight excluding hydrogens is 314 g/mol. The fourth-order valence-corrected chi connectivity index (χ4v) is 3.20. The molecule has 0 saturated heterocycles. The average Bonchev–Trinajstić information content (AvgIpc) is 3.05. The lowest BCUT2D eigenvalue weighted by atomic mass is 10.0. The third-order valence-corrected chi connectivity index (χ3v) is 4.39. The molecule has 2 heterocycles. The van der Waals surface area contributed by atoms with Gasteiger partial charge in [0.15, 0.2) is 5.82 Å². The number of nitrogens with zero attached hydrogens (tertiary/aromatic N) is 3. The van der Waals surface area contributed by atoms with Crippen LogP contribution in [-0.2, 0) is 13.0 Å². The molecule has 0 radical (unpaired) electrons. The van der Waals surface area contributed by atoms with Crippen LogP contribution in [0.1, 0.15) is 15.9 Å². The van der Waals surface area contributed by atoms with Gasteiger partial charge in [0, 0.05) is 17.5 Å². The Labute approximate surface area is 144 Å². The number of rotatable bonds is 4. The molecule has 0 aliphatic carbocycles. The molecule has 1 amide bonds.